The lowest BCUT2D eigenvalue weighted by Crippen LogP contribution is -2.54. The second-order valence-electron chi connectivity index (χ2n) is 6.72. The number of carbonyl (C=O) groups is 2. The van der Waals surface area contributed by atoms with Crippen molar-refractivity contribution in [3.8, 4) is 0 Å². The average molecular weight is 365 g/mol. The van der Waals surface area contributed by atoms with Crippen LogP contribution >= 0.6 is 11.8 Å². The molecule has 2 bridgehead atoms. The number of urea groups is 1. The molecule has 1 fully saturated rings. The number of carbonyl (C=O) groups excluding carboxylic acids is 1. The number of aliphatic carboxylic acids is 1. The molecule has 3 heterocycles. The lowest BCUT2D eigenvalue weighted by molar-refractivity contribution is -0.139. The zero-order valence-corrected chi connectivity index (χ0v) is 15.0. The number of amides is 2. The van der Waals surface area contributed by atoms with Gasteiger partial charge < -0.3 is 19.9 Å². The number of nitrogens with zero attached hydrogens (tertiary/aromatic N) is 2. The molecule has 25 heavy (non-hydrogen) atoms. The molecule has 0 saturated carbocycles. The number of carboxylic acids is 1. The van der Waals surface area contributed by atoms with Crippen molar-refractivity contribution in [3.63, 3.8) is 0 Å². The molecule has 2 aliphatic rings. The topological polar surface area (TPSA) is 91.6 Å². The predicted octanol–water partition coefficient (Wildman–Crippen LogP) is 1.18. The zero-order valence-electron chi connectivity index (χ0n) is 14.2. The lowest BCUT2D eigenvalue weighted by atomic mass is 9.83. The standard InChI is InChI=1S/C17H23N3O4S/c1-25-6-5-13(16(22)23)18-17(24)19-8-11-7-12(10-19)14-3-2-4-15(21)20(14)9-11/h2-4,11-13H,5-10H2,1H3,(H,18,24)(H,22,23). The highest BCUT2D eigenvalue weighted by Crippen LogP contribution is 2.34. The van der Waals surface area contributed by atoms with E-state index in [1.807, 2.05) is 16.9 Å². The number of likely N-dealkylation sites (tertiary alicyclic amines) is 1. The van der Waals surface area contributed by atoms with Crippen LogP contribution < -0.4 is 10.9 Å². The molecule has 1 aromatic heterocycles. The van der Waals surface area contributed by atoms with Crippen LogP contribution in [-0.4, -0.2) is 57.7 Å². The normalized spacial score (nSPS) is 22.8. The van der Waals surface area contributed by atoms with Gasteiger partial charge in [-0.3, -0.25) is 4.79 Å². The van der Waals surface area contributed by atoms with Crippen LogP contribution in [0.15, 0.2) is 23.0 Å². The van der Waals surface area contributed by atoms with E-state index in [1.54, 1.807) is 28.8 Å². The van der Waals surface area contributed by atoms with Crippen LogP contribution in [0.3, 0.4) is 0 Å². The van der Waals surface area contributed by atoms with Crippen molar-refractivity contribution in [2.75, 3.05) is 25.1 Å². The Labute approximate surface area is 150 Å². The fourth-order valence-electron chi connectivity index (χ4n) is 3.80. The van der Waals surface area contributed by atoms with E-state index in [2.05, 4.69) is 5.32 Å². The van der Waals surface area contributed by atoms with Gasteiger partial charge in [0, 0.05) is 37.3 Å². The molecule has 8 heteroatoms. The van der Waals surface area contributed by atoms with Gasteiger partial charge in [-0.1, -0.05) is 6.07 Å². The Balaban J connectivity index is 1.70. The second kappa shape index (κ2) is 7.51. The molecule has 0 aromatic carbocycles. The van der Waals surface area contributed by atoms with Gasteiger partial charge in [0.1, 0.15) is 6.04 Å². The van der Waals surface area contributed by atoms with Gasteiger partial charge in [0.15, 0.2) is 0 Å². The van der Waals surface area contributed by atoms with Crippen LogP contribution in [0.1, 0.15) is 24.5 Å². The maximum absolute atomic E-state index is 12.6. The van der Waals surface area contributed by atoms with E-state index < -0.39 is 12.0 Å². The van der Waals surface area contributed by atoms with Crippen LogP contribution in [0.5, 0.6) is 0 Å². The van der Waals surface area contributed by atoms with E-state index in [4.69, 9.17) is 0 Å². The lowest BCUT2D eigenvalue weighted by Gasteiger charge is -2.42. The molecule has 3 unspecified atom stereocenters. The summed E-state index contributed by atoms with van der Waals surface area (Å²) in [6.07, 6.45) is 3.27. The number of thioether (sulfide) groups is 1. The van der Waals surface area contributed by atoms with Gasteiger partial charge in [-0.05, 0) is 36.8 Å². The fraction of sp³-hybridized carbons (Fsp3) is 0.588. The molecule has 2 N–H and O–H groups in total. The SMILES string of the molecule is CSCCC(NC(=O)N1CC2CC(C1)c1cccc(=O)n1C2)C(=O)O. The Kier molecular flexibility index (Phi) is 5.36. The predicted molar refractivity (Wildman–Crippen MR) is 96.1 cm³/mol. The van der Waals surface area contributed by atoms with Crippen molar-refractivity contribution in [1.29, 1.82) is 0 Å². The van der Waals surface area contributed by atoms with Crippen molar-refractivity contribution >= 4 is 23.8 Å². The van der Waals surface area contributed by atoms with E-state index in [1.165, 1.54) is 0 Å². The maximum Gasteiger partial charge on any atom is 0.326 e. The van der Waals surface area contributed by atoms with Crippen molar-refractivity contribution in [2.24, 2.45) is 5.92 Å². The maximum atomic E-state index is 12.6. The van der Waals surface area contributed by atoms with E-state index in [9.17, 15) is 19.5 Å². The monoisotopic (exact) mass is 365 g/mol. The quantitative estimate of drug-likeness (QED) is 0.818. The van der Waals surface area contributed by atoms with E-state index >= 15 is 0 Å². The van der Waals surface area contributed by atoms with Gasteiger partial charge in [-0.25, -0.2) is 9.59 Å². The minimum Gasteiger partial charge on any atom is -0.480 e. The Bertz CT molecular complexity index is 720. The zero-order chi connectivity index (χ0) is 18.0. The number of hydrogen-bond acceptors (Lipinski definition) is 4. The van der Waals surface area contributed by atoms with Gasteiger partial charge in [0.25, 0.3) is 5.56 Å². The third-order valence-corrected chi connectivity index (χ3v) is 5.62. The minimum absolute atomic E-state index is 0.00751. The highest BCUT2D eigenvalue weighted by molar-refractivity contribution is 7.98. The molecule has 7 nitrogen and oxygen atoms in total. The summed E-state index contributed by atoms with van der Waals surface area (Å²) < 4.78 is 1.81. The first-order valence-corrected chi connectivity index (χ1v) is 9.86. The number of piperidine rings is 1. The summed E-state index contributed by atoms with van der Waals surface area (Å²) in [6, 6.07) is 4.09. The highest BCUT2D eigenvalue weighted by Gasteiger charge is 2.37. The fourth-order valence-corrected chi connectivity index (χ4v) is 4.27. The van der Waals surface area contributed by atoms with Crippen molar-refractivity contribution in [3.05, 3.63) is 34.2 Å². The molecule has 2 amide bonds. The highest BCUT2D eigenvalue weighted by atomic mass is 32.2. The third-order valence-electron chi connectivity index (χ3n) is 4.97. The van der Waals surface area contributed by atoms with Crippen LogP contribution in [0, 0.1) is 5.92 Å². The first-order chi connectivity index (χ1) is 12.0. The molecular weight excluding hydrogens is 342 g/mol. The van der Waals surface area contributed by atoms with Crippen molar-refractivity contribution in [1.82, 2.24) is 14.8 Å². The first-order valence-electron chi connectivity index (χ1n) is 8.46. The van der Waals surface area contributed by atoms with Gasteiger partial charge in [0.2, 0.25) is 0 Å². The molecule has 0 spiro atoms. The van der Waals surface area contributed by atoms with Gasteiger partial charge >= 0.3 is 12.0 Å². The van der Waals surface area contributed by atoms with E-state index in [-0.39, 0.29) is 23.4 Å². The average Bonchev–Trinajstić information content (AvgIpc) is 2.59. The summed E-state index contributed by atoms with van der Waals surface area (Å²) in [6.45, 7) is 1.68. The minimum atomic E-state index is -1.00. The number of carboxylic acid groups (broad SMARTS) is 1. The molecule has 136 valence electrons. The number of hydrogen-bond donors (Lipinski definition) is 2. The molecule has 1 aromatic rings. The third kappa shape index (κ3) is 3.84. The van der Waals surface area contributed by atoms with E-state index in [0.717, 1.165) is 12.1 Å². The molecule has 3 rings (SSSR count). The number of fused-ring (bicyclic) bond motifs is 4. The van der Waals surface area contributed by atoms with Crippen LogP contribution in [0.4, 0.5) is 4.79 Å². The summed E-state index contributed by atoms with van der Waals surface area (Å²) >= 11 is 1.56. The molecule has 0 aliphatic carbocycles. The van der Waals surface area contributed by atoms with Gasteiger partial charge in [0.05, 0.1) is 0 Å². The molecular formula is C17H23N3O4S. The van der Waals surface area contributed by atoms with Crippen molar-refractivity contribution < 1.29 is 14.7 Å². The molecule has 3 atom stereocenters. The number of pyridine rings is 1. The van der Waals surface area contributed by atoms with Crippen molar-refractivity contribution in [2.45, 2.75) is 31.3 Å². The Morgan fingerprint density at radius 2 is 2.16 bits per heavy atom. The van der Waals surface area contributed by atoms with Gasteiger partial charge in [-0.2, -0.15) is 11.8 Å². The molecule has 0 radical (unpaired) electrons. The number of aromatic nitrogens is 1. The molecule has 2 aliphatic heterocycles. The van der Waals surface area contributed by atoms with Crippen LogP contribution in [0.25, 0.3) is 0 Å². The van der Waals surface area contributed by atoms with E-state index in [0.29, 0.717) is 31.8 Å². The summed E-state index contributed by atoms with van der Waals surface area (Å²) in [5.74, 6) is 0.0309. The summed E-state index contributed by atoms with van der Waals surface area (Å²) in [5.41, 5.74) is 0.978. The van der Waals surface area contributed by atoms with Gasteiger partial charge in [-0.15, -0.1) is 0 Å². The Morgan fingerprint density at radius 3 is 2.88 bits per heavy atom. The number of nitrogens with one attached hydrogen (secondary N) is 1. The van der Waals surface area contributed by atoms with Crippen LogP contribution in [0.2, 0.25) is 0 Å². The smallest absolute Gasteiger partial charge is 0.326 e. The molecule has 1 saturated heterocycles. The summed E-state index contributed by atoms with van der Waals surface area (Å²) in [7, 11) is 0. The van der Waals surface area contributed by atoms with Crippen LogP contribution in [-0.2, 0) is 11.3 Å². The summed E-state index contributed by atoms with van der Waals surface area (Å²) in [4.78, 5) is 37.6. The number of rotatable bonds is 5. The summed E-state index contributed by atoms with van der Waals surface area (Å²) in [5, 5.41) is 11.9. The first kappa shape index (κ1) is 17.8. The Hall–Kier alpha value is -1.96. The second-order valence-corrected chi connectivity index (χ2v) is 7.71. The Morgan fingerprint density at radius 1 is 1.36 bits per heavy atom. The largest absolute Gasteiger partial charge is 0.480 e.